The summed E-state index contributed by atoms with van der Waals surface area (Å²) in [4.78, 5) is 11.4. The zero-order valence-electron chi connectivity index (χ0n) is 14.0. The topological polar surface area (TPSA) is 93.7 Å². The summed E-state index contributed by atoms with van der Waals surface area (Å²) in [6.45, 7) is 3.62. The first kappa shape index (κ1) is 17.1. The molecule has 0 spiro atoms. The lowest BCUT2D eigenvalue weighted by Crippen LogP contribution is -2.25. The Hall–Kier alpha value is -2.74. The van der Waals surface area contributed by atoms with E-state index in [4.69, 9.17) is 9.47 Å². The van der Waals surface area contributed by atoms with E-state index in [1.165, 1.54) is 13.2 Å². The van der Waals surface area contributed by atoms with Crippen molar-refractivity contribution in [3.63, 3.8) is 0 Å². The number of methoxy groups -OCH3 is 1. The van der Waals surface area contributed by atoms with Gasteiger partial charge in [0.15, 0.2) is 6.61 Å². The first-order valence-corrected chi connectivity index (χ1v) is 9.03. The number of aryl methyl sites for hydroxylation is 2. The molecule has 1 amide bonds. The summed E-state index contributed by atoms with van der Waals surface area (Å²) in [5.41, 5.74) is 2.62. The van der Waals surface area contributed by atoms with Crippen LogP contribution < -0.4 is 19.5 Å². The van der Waals surface area contributed by atoms with Crippen molar-refractivity contribution >= 4 is 27.3 Å². The molecule has 8 heteroatoms. The molecule has 2 N–H and O–H groups in total. The zero-order chi connectivity index (χ0) is 18.2. The molecule has 0 aliphatic carbocycles. The highest BCUT2D eigenvalue weighted by Gasteiger charge is 2.22. The van der Waals surface area contributed by atoms with Crippen LogP contribution >= 0.6 is 0 Å². The van der Waals surface area contributed by atoms with Gasteiger partial charge in [-0.25, -0.2) is 8.42 Å². The molecule has 0 fully saturated rings. The van der Waals surface area contributed by atoms with E-state index in [0.29, 0.717) is 17.1 Å². The highest BCUT2D eigenvalue weighted by molar-refractivity contribution is 7.92. The van der Waals surface area contributed by atoms with Gasteiger partial charge in [-0.15, -0.1) is 0 Å². The second-order valence-corrected chi connectivity index (χ2v) is 7.39. The van der Waals surface area contributed by atoms with Crippen LogP contribution in [0.4, 0.5) is 11.4 Å². The van der Waals surface area contributed by atoms with Crippen molar-refractivity contribution < 1.29 is 22.7 Å². The molecule has 0 aromatic heterocycles. The Labute approximate surface area is 146 Å². The number of hydrogen-bond acceptors (Lipinski definition) is 5. The van der Waals surface area contributed by atoms with Crippen molar-refractivity contribution in [2.24, 2.45) is 0 Å². The number of rotatable bonds is 4. The summed E-state index contributed by atoms with van der Waals surface area (Å²) in [5.74, 6) is 0.435. The van der Waals surface area contributed by atoms with Gasteiger partial charge in [-0.1, -0.05) is 0 Å². The van der Waals surface area contributed by atoms with E-state index in [2.05, 4.69) is 10.0 Å². The minimum Gasteiger partial charge on any atom is -0.495 e. The van der Waals surface area contributed by atoms with E-state index in [1.54, 1.807) is 24.3 Å². The maximum Gasteiger partial charge on any atom is 0.265 e. The minimum absolute atomic E-state index is 0.0602. The van der Waals surface area contributed by atoms with Gasteiger partial charge in [0.1, 0.15) is 16.4 Å². The van der Waals surface area contributed by atoms with Gasteiger partial charge in [0, 0.05) is 6.07 Å². The SMILES string of the molecule is COc1cc(C)c(C)cc1S(=O)(=O)Nc1ccc2c(c1)OCC(=O)N2. The largest absolute Gasteiger partial charge is 0.495 e. The van der Waals surface area contributed by atoms with Crippen LogP contribution in [0.1, 0.15) is 11.1 Å². The van der Waals surface area contributed by atoms with E-state index in [1.807, 2.05) is 13.8 Å². The van der Waals surface area contributed by atoms with Gasteiger partial charge >= 0.3 is 0 Å². The average Bonchev–Trinajstić information content (AvgIpc) is 2.56. The standard InChI is InChI=1S/C17H18N2O5S/c1-10-6-15(23-3)16(7-11(10)2)25(21,22)19-12-4-5-13-14(8-12)24-9-17(20)18-13/h4-8,19H,9H2,1-3H3,(H,18,20). The van der Waals surface area contributed by atoms with E-state index in [0.717, 1.165) is 11.1 Å². The van der Waals surface area contributed by atoms with Crippen LogP contribution in [0.5, 0.6) is 11.5 Å². The molecular formula is C17H18N2O5S. The first-order valence-electron chi connectivity index (χ1n) is 7.55. The Morgan fingerprint density at radius 2 is 1.88 bits per heavy atom. The molecule has 2 aromatic rings. The number of carbonyl (C=O) groups excluding carboxylic acids is 1. The molecule has 25 heavy (non-hydrogen) atoms. The number of sulfonamides is 1. The van der Waals surface area contributed by atoms with Gasteiger partial charge in [-0.05, 0) is 49.2 Å². The molecular weight excluding hydrogens is 344 g/mol. The molecule has 7 nitrogen and oxygen atoms in total. The number of anilines is 2. The van der Waals surface area contributed by atoms with Crippen molar-refractivity contribution in [1.29, 1.82) is 0 Å². The number of carbonyl (C=O) groups is 1. The summed E-state index contributed by atoms with van der Waals surface area (Å²) in [6, 6.07) is 7.93. The fourth-order valence-corrected chi connectivity index (χ4v) is 3.77. The fraction of sp³-hybridized carbons (Fsp3) is 0.235. The van der Waals surface area contributed by atoms with E-state index < -0.39 is 10.0 Å². The van der Waals surface area contributed by atoms with Crippen molar-refractivity contribution in [1.82, 2.24) is 0 Å². The summed E-state index contributed by atoms with van der Waals surface area (Å²) in [5, 5.41) is 2.65. The molecule has 0 atom stereocenters. The Morgan fingerprint density at radius 3 is 2.60 bits per heavy atom. The molecule has 1 heterocycles. The van der Waals surface area contributed by atoms with E-state index in [9.17, 15) is 13.2 Å². The molecule has 1 aliphatic heterocycles. The van der Waals surface area contributed by atoms with Crippen molar-refractivity contribution in [2.45, 2.75) is 18.7 Å². The average molecular weight is 362 g/mol. The third-order valence-corrected chi connectivity index (χ3v) is 5.34. The third-order valence-electron chi connectivity index (χ3n) is 3.94. The second kappa shape index (κ2) is 6.29. The zero-order valence-corrected chi connectivity index (χ0v) is 14.9. The number of fused-ring (bicyclic) bond motifs is 1. The predicted molar refractivity (Wildman–Crippen MR) is 93.8 cm³/mol. The van der Waals surface area contributed by atoms with Crippen LogP contribution in [0, 0.1) is 13.8 Å². The summed E-state index contributed by atoms with van der Waals surface area (Å²) >= 11 is 0. The highest BCUT2D eigenvalue weighted by atomic mass is 32.2. The van der Waals surface area contributed by atoms with E-state index in [-0.39, 0.29) is 23.2 Å². The maximum atomic E-state index is 12.8. The van der Waals surface area contributed by atoms with E-state index >= 15 is 0 Å². The van der Waals surface area contributed by atoms with Gasteiger partial charge < -0.3 is 14.8 Å². The van der Waals surface area contributed by atoms with Crippen LogP contribution in [0.15, 0.2) is 35.2 Å². The van der Waals surface area contributed by atoms with Crippen molar-refractivity contribution in [2.75, 3.05) is 23.8 Å². The first-order chi connectivity index (χ1) is 11.8. The number of ether oxygens (including phenoxy) is 2. The fourth-order valence-electron chi connectivity index (χ4n) is 2.48. The lowest BCUT2D eigenvalue weighted by Gasteiger charge is -2.19. The Kier molecular flexibility index (Phi) is 4.30. The molecule has 0 bridgehead atoms. The molecule has 0 unspecified atom stereocenters. The normalized spacial score (nSPS) is 13.5. The molecule has 1 aliphatic rings. The molecule has 132 valence electrons. The number of nitrogens with one attached hydrogen (secondary N) is 2. The summed E-state index contributed by atoms with van der Waals surface area (Å²) in [6.07, 6.45) is 0. The van der Waals surface area contributed by atoms with Crippen LogP contribution in [0.25, 0.3) is 0 Å². The number of benzene rings is 2. The highest BCUT2D eigenvalue weighted by Crippen LogP contribution is 2.33. The molecule has 0 saturated carbocycles. The Balaban J connectivity index is 1.95. The van der Waals surface area contributed by atoms with Crippen LogP contribution in [-0.2, 0) is 14.8 Å². The van der Waals surface area contributed by atoms with Gasteiger partial charge in [0.2, 0.25) is 0 Å². The van der Waals surface area contributed by atoms with Crippen molar-refractivity contribution in [3.05, 3.63) is 41.5 Å². The summed E-state index contributed by atoms with van der Waals surface area (Å²) in [7, 11) is -2.42. The quantitative estimate of drug-likeness (QED) is 0.871. The predicted octanol–water partition coefficient (Wildman–Crippen LogP) is 2.44. The lowest BCUT2D eigenvalue weighted by molar-refractivity contribution is -0.118. The maximum absolute atomic E-state index is 12.8. The molecule has 3 rings (SSSR count). The lowest BCUT2D eigenvalue weighted by atomic mass is 10.1. The molecule has 0 saturated heterocycles. The number of hydrogen-bond donors (Lipinski definition) is 2. The van der Waals surface area contributed by atoms with Crippen LogP contribution in [0.2, 0.25) is 0 Å². The van der Waals surface area contributed by atoms with Crippen LogP contribution in [-0.4, -0.2) is 28.0 Å². The smallest absolute Gasteiger partial charge is 0.265 e. The Bertz CT molecular complexity index is 954. The minimum atomic E-state index is -3.85. The third kappa shape index (κ3) is 3.39. The second-order valence-electron chi connectivity index (χ2n) is 5.74. The van der Waals surface area contributed by atoms with Crippen LogP contribution in [0.3, 0.4) is 0 Å². The Morgan fingerprint density at radius 1 is 1.16 bits per heavy atom. The van der Waals surface area contributed by atoms with Gasteiger partial charge in [0.25, 0.3) is 15.9 Å². The van der Waals surface area contributed by atoms with Gasteiger partial charge in [-0.2, -0.15) is 0 Å². The van der Waals surface area contributed by atoms with Crippen molar-refractivity contribution in [3.8, 4) is 11.5 Å². The van der Waals surface area contributed by atoms with Gasteiger partial charge in [-0.3, -0.25) is 9.52 Å². The van der Waals surface area contributed by atoms with Gasteiger partial charge in [0.05, 0.1) is 18.5 Å². The molecule has 0 radical (unpaired) electrons. The molecule has 2 aromatic carbocycles. The number of amides is 1. The monoisotopic (exact) mass is 362 g/mol. The summed E-state index contributed by atoms with van der Waals surface area (Å²) < 4.78 is 38.6.